The topological polar surface area (TPSA) is 63.3 Å². The monoisotopic (exact) mass is 245 g/mol. The lowest BCUT2D eigenvalue weighted by Gasteiger charge is -2.05. The number of carbonyl (C=O) groups is 1. The third kappa shape index (κ3) is 5.20. The number of aliphatic carboxylic acids is 1. The molecule has 1 unspecified atom stereocenters. The average Bonchev–Trinajstić information content (AvgIpc) is 2.69. The van der Waals surface area contributed by atoms with Crippen LogP contribution in [-0.4, -0.2) is 28.6 Å². The smallest absolute Gasteiger partial charge is 0.320 e. The quantitative estimate of drug-likeness (QED) is 0.719. The minimum atomic E-state index is -0.908. The number of nitrogens with two attached hydrogens (primary N) is 1. The number of carboxylic acids is 1. The van der Waals surface area contributed by atoms with Gasteiger partial charge in [-0.1, -0.05) is 6.07 Å². The number of thioether (sulfide) groups is 1. The average molecular weight is 245 g/mol. The summed E-state index contributed by atoms with van der Waals surface area (Å²) in [5, 5.41) is 10.6. The van der Waals surface area contributed by atoms with Gasteiger partial charge in [-0.2, -0.15) is 11.8 Å². The first kappa shape index (κ1) is 12.5. The van der Waals surface area contributed by atoms with E-state index < -0.39 is 12.0 Å². The Morgan fingerprint density at radius 1 is 1.60 bits per heavy atom. The first-order chi connectivity index (χ1) is 7.20. The third-order valence-corrected chi connectivity index (χ3v) is 3.92. The number of rotatable bonds is 7. The SMILES string of the molecule is NC(CCSCCc1cccs1)C(=O)O. The van der Waals surface area contributed by atoms with Gasteiger partial charge in [0.2, 0.25) is 0 Å². The summed E-state index contributed by atoms with van der Waals surface area (Å²) in [5.41, 5.74) is 5.38. The van der Waals surface area contributed by atoms with E-state index in [1.165, 1.54) is 4.88 Å². The van der Waals surface area contributed by atoms with E-state index in [1.807, 2.05) is 6.07 Å². The van der Waals surface area contributed by atoms with Crippen LogP contribution in [0.5, 0.6) is 0 Å². The van der Waals surface area contributed by atoms with Crippen LogP contribution in [0.2, 0.25) is 0 Å². The van der Waals surface area contributed by atoms with Gasteiger partial charge in [0.05, 0.1) is 0 Å². The normalized spacial score (nSPS) is 12.6. The van der Waals surface area contributed by atoms with Gasteiger partial charge in [0.25, 0.3) is 0 Å². The highest BCUT2D eigenvalue weighted by Gasteiger charge is 2.09. The van der Waals surface area contributed by atoms with Crippen LogP contribution in [0.3, 0.4) is 0 Å². The number of carboxylic acid groups (broad SMARTS) is 1. The van der Waals surface area contributed by atoms with Crippen molar-refractivity contribution in [1.82, 2.24) is 0 Å². The Hall–Kier alpha value is -0.520. The van der Waals surface area contributed by atoms with Gasteiger partial charge >= 0.3 is 5.97 Å². The molecule has 0 aliphatic carbocycles. The lowest BCUT2D eigenvalue weighted by Crippen LogP contribution is -2.30. The second-order valence-electron chi connectivity index (χ2n) is 3.18. The van der Waals surface area contributed by atoms with E-state index in [9.17, 15) is 4.79 Å². The van der Waals surface area contributed by atoms with Crippen molar-refractivity contribution in [3.63, 3.8) is 0 Å². The van der Waals surface area contributed by atoms with Crippen LogP contribution in [-0.2, 0) is 11.2 Å². The molecule has 1 heterocycles. The Balaban J connectivity index is 2.00. The van der Waals surface area contributed by atoms with E-state index in [4.69, 9.17) is 10.8 Å². The van der Waals surface area contributed by atoms with Crippen LogP contribution >= 0.6 is 23.1 Å². The molecule has 0 aliphatic heterocycles. The summed E-state index contributed by atoms with van der Waals surface area (Å²) in [6.07, 6.45) is 1.61. The summed E-state index contributed by atoms with van der Waals surface area (Å²) in [5.74, 6) is 0.944. The van der Waals surface area contributed by atoms with Crippen molar-refractivity contribution in [3.8, 4) is 0 Å². The van der Waals surface area contributed by atoms with Crippen LogP contribution < -0.4 is 5.73 Å². The molecular weight excluding hydrogens is 230 g/mol. The van der Waals surface area contributed by atoms with Crippen molar-refractivity contribution in [2.75, 3.05) is 11.5 Å². The van der Waals surface area contributed by atoms with Gasteiger partial charge in [0.1, 0.15) is 6.04 Å². The van der Waals surface area contributed by atoms with Gasteiger partial charge in [0.15, 0.2) is 0 Å². The maximum atomic E-state index is 10.4. The van der Waals surface area contributed by atoms with Crippen molar-refractivity contribution >= 4 is 29.1 Å². The second kappa shape index (κ2) is 6.87. The first-order valence-corrected chi connectivity index (χ1v) is 6.82. The molecule has 0 aromatic carbocycles. The van der Waals surface area contributed by atoms with E-state index in [0.29, 0.717) is 6.42 Å². The molecule has 0 bridgehead atoms. The molecule has 15 heavy (non-hydrogen) atoms. The van der Waals surface area contributed by atoms with Crippen LogP contribution in [0.1, 0.15) is 11.3 Å². The van der Waals surface area contributed by atoms with E-state index >= 15 is 0 Å². The number of aryl methyl sites for hydroxylation is 1. The molecule has 3 nitrogen and oxygen atoms in total. The van der Waals surface area contributed by atoms with Crippen LogP contribution in [0.15, 0.2) is 17.5 Å². The van der Waals surface area contributed by atoms with E-state index in [1.54, 1.807) is 23.1 Å². The maximum absolute atomic E-state index is 10.4. The number of hydrogen-bond donors (Lipinski definition) is 2. The Morgan fingerprint density at radius 3 is 3.00 bits per heavy atom. The molecule has 1 aromatic rings. The van der Waals surface area contributed by atoms with Crippen molar-refractivity contribution in [1.29, 1.82) is 0 Å². The summed E-state index contributed by atoms with van der Waals surface area (Å²) in [4.78, 5) is 11.8. The largest absolute Gasteiger partial charge is 0.480 e. The van der Waals surface area contributed by atoms with Crippen molar-refractivity contribution in [2.24, 2.45) is 5.73 Å². The Morgan fingerprint density at radius 2 is 2.40 bits per heavy atom. The lowest BCUT2D eigenvalue weighted by atomic mass is 10.2. The molecule has 1 aromatic heterocycles. The highest BCUT2D eigenvalue weighted by molar-refractivity contribution is 7.99. The predicted molar refractivity (Wildman–Crippen MR) is 65.6 cm³/mol. The summed E-state index contributed by atoms with van der Waals surface area (Å²) < 4.78 is 0. The fourth-order valence-corrected chi connectivity index (χ4v) is 2.89. The molecule has 1 rings (SSSR count). The maximum Gasteiger partial charge on any atom is 0.320 e. The molecule has 0 spiro atoms. The number of thiophene rings is 1. The van der Waals surface area contributed by atoms with Crippen molar-refractivity contribution in [2.45, 2.75) is 18.9 Å². The molecule has 0 saturated heterocycles. The zero-order valence-electron chi connectivity index (χ0n) is 8.39. The van der Waals surface area contributed by atoms with E-state index in [2.05, 4.69) is 11.4 Å². The summed E-state index contributed by atoms with van der Waals surface area (Å²) in [6, 6.07) is 3.46. The Bertz CT molecular complexity index is 288. The molecule has 1 atom stereocenters. The Labute approximate surface area is 97.7 Å². The van der Waals surface area contributed by atoms with Gasteiger partial charge in [-0.25, -0.2) is 0 Å². The standard InChI is InChI=1S/C10H15NO2S2/c11-9(10(12)13)4-7-14-6-3-8-2-1-5-15-8/h1-2,5,9H,3-4,6-7,11H2,(H,12,13). The molecule has 0 fully saturated rings. The summed E-state index contributed by atoms with van der Waals surface area (Å²) >= 11 is 3.52. The fourth-order valence-electron chi connectivity index (χ4n) is 1.06. The molecule has 0 aliphatic rings. The molecule has 0 saturated carbocycles. The lowest BCUT2D eigenvalue weighted by molar-refractivity contribution is -0.138. The van der Waals surface area contributed by atoms with Crippen LogP contribution in [0.4, 0.5) is 0 Å². The highest BCUT2D eigenvalue weighted by Crippen LogP contribution is 2.13. The molecular formula is C10H15NO2S2. The zero-order chi connectivity index (χ0) is 11.1. The van der Waals surface area contributed by atoms with Gasteiger partial charge in [-0.05, 0) is 35.8 Å². The van der Waals surface area contributed by atoms with Gasteiger partial charge in [-0.15, -0.1) is 11.3 Å². The molecule has 0 amide bonds. The molecule has 84 valence electrons. The second-order valence-corrected chi connectivity index (χ2v) is 5.43. The van der Waals surface area contributed by atoms with Crippen molar-refractivity contribution in [3.05, 3.63) is 22.4 Å². The predicted octanol–water partition coefficient (Wildman–Crippen LogP) is 1.83. The molecule has 5 heteroatoms. The zero-order valence-corrected chi connectivity index (χ0v) is 10.0. The van der Waals surface area contributed by atoms with E-state index in [0.717, 1.165) is 17.9 Å². The van der Waals surface area contributed by atoms with Gasteiger partial charge < -0.3 is 10.8 Å². The van der Waals surface area contributed by atoms with E-state index in [-0.39, 0.29) is 0 Å². The van der Waals surface area contributed by atoms with Gasteiger partial charge in [0, 0.05) is 4.88 Å². The Kier molecular flexibility index (Phi) is 5.75. The van der Waals surface area contributed by atoms with Gasteiger partial charge in [-0.3, -0.25) is 4.79 Å². The van der Waals surface area contributed by atoms with Crippen LogP contribution in [0, 0.1) is 0 Å². The molecule has 0 radical (unpaired) electrons. The minimum Gasteiger partial charge on any atom is -0.480 e. The number of hydrogen-bond acceptors (Lipinski definition) is 4. The summed E-state index contributed by atoms with van der Waals surface area (Å²) in [7, 11) is 0. The minimum absolute atomic E-state index is 0.546. The highest BCUT2D eigenvalue weighted by atomic mass is 32.2. The molecule has 3 N–H and O–H groups in total. The third-order valence-electron chi connectivity index (χ3n) is 1.96. The van der Waals surface area contributed by atoms with Crippen LogP contribution in [0.25, 0.3) is 0 Å². The first-order valence-electron chi connectivity index (χ1n) is 4.78. The fraction of sp³-hybridized carbons (Fsp3) is 0.500. The summed E-state index contributed by atoms with van der Waals surface area (Å²) in [6.45, 7) is 0. The van der Waals surface area contributed by atoms with Crippen molar-refractivity contribution < 1.29 is 9.90 Å².